The number of nitrogens with zero attached hydrogens (tertiary/aromatic N) is 2. The summed E-state index contributed by atoms with van der Waals surface area (Å²) in [6, 6.07) is 0. The number of carbonyl (C=O) groups excluding carboxylic acids is 1. The van der Waals surface area contributed by atoms with Crippen molar-refractivity contribution < 1.29 is 14.7 Å². The zero-order valence-electron chi connectivity index (χ0n) is 10.1. The molecule has 0 spiro atoms. The molecule has 0 radical (unpaired) electrons. The van der Waals surface area contributed by atoms with E-state index in [4.69, 9.17) is 15.7 Å². The Balaban J connectivity index is 3.95. The van der Waals surface area contributed by atoms with Crippen molar-refractivity contribution in [3.05, 3.63) is 0 Å². The van der Waals surface area contributed by atoms with Crippen LogP contribution in [0.3, 0.4) is 0 Å². The summed E-state index contributed by atoms with van der Waals surface area (Å²) in [4.78, 5) is 13.2. The van der Waals surface area contributed by atoms with Crippen LogP contribution in [0.25, 0.3) is 0 Å². The normalized spacial score (nSPS) is 13.6. The van der Waals surface area contributed by atoms with E-state index in [0.29, 0.717) is 26.0 Å². The highest BCUT2D eigenvalue weighted by Gasteiger charge is 2.14. The standard InChI is InChI=1S/C10H21N3O3/c1-8(10(11)12-15)7-13(2)9(14)5-4-6-16-3/h8,15H,4-7H2,1-3H3,(H2,11,12). The lowest BCUT2D eigenvalue weighted by molar-refractivity contribution is -0.130. The van der Waals surface area contributed by atoms with Crippen LogP contribution in [0.1, 0.15) is 19.8 Å². The third-order valence-electron chi connectivity index (χ3n) is 2.33. The summed E-state index contributed by atoms with van der Waals surface area (Å²) in [5, 5.41) is 11.4. The van der Waals surface area contributed by atoms with Crippen molar-refractivity contribution in [2.45, 2.75) is 19.8 Å². The minimum Gasteiger partial charge on any atom is -0.409 e. The summed E-state index contributed by atoms with van der Waals surface area (Å²) in [6.07, 6.45) is 1.16. The van der Waals surface area contributed by atoms with E-state index in [2.05, 4.69) is 5.16 Å². The molecule has 0 aliphatic heterocycles. The van der Waals surface area contributed by atoms with Gasteiger partial charge in [0.05, 0.1) is 0 Å². The molecule has 0 bridgehead atoms. The highest BCUT2D eigenvalue weighted by Crippen LogP contribution is 2.02. The van der Waals surface area contributed by atoms with E-state index in [0.717, 1.165) is 0 Å². The van der Waals surface area contributed by atoms with Gasteiger partial charge in [0.1, 0.15) is 5.84 Å². The monoisotopic (exact) mass is 231 g/mol. The van der Waals surface area contributed by atoms with Gasteiger partial charge in [0, 0.05) is 39.6 Å². The van der Waals surface area contributed by atoms with Crippen LogP contribution < -0.4 is 5.73 Å². The molecule has 6 heteroatoms. The molecule has 0 saturated heterocycles. The van der Waals surface area contributed by atoms with E-state index in [1.807, 2.05) is 0 Å². The zero-order chi connectivity index (χ0) is 12.6. The van der Waals surface area contributed by atoms with Gasteiger partial charge in [-0.15, -0.1) is 0 Å². The van der Waals surface area contributed by atoms with Crippen molar-refractivity contribution in [2.24, 2.45) is 16.8 Å². The largest absolute Gasteiger partial charge is 0.409 e. The quantitative estimate of drug-likeness (QED) is 0.216. The van der Waals surface area contributed by atoms with Crippen LogP contribution in [0.4, 0.5) is 0 Å². The maximum Gasteiger partial charge on any atom is 0.222 e. The number of amidine groups is 1. The van der Waals surface area contributed by atoms with Crippen LogP contribution in [0, 0.1) is 5.92 Å². The Kier molecular flexibility index (Phi) is 7.28. The highest BCUT2D eigenvalue weighted by atomic mass is 16.5. The molecule has 0 heterocycles. The van der Waals surface area contributed by atoms with E-state index < -0.39 is 0 Å². The van der Waals surface area contributed by atoms with Gasteiger partial charge in [-0.25, -0.2) is 0 Å². The lowest BCUT2D eigenvalue weighted by atomic mass is 10.1. The summed E-state index contributed by atoms with van der Waals surface area (Å²) < 4.78 is 4.87. The second-order valence-corrected chi connectivity index (χ2v) is 3.80. The molecule has 3 N–H and O–H groups in total. The first-order valence-corrected chi connectivity index (χ1v) is 5.23. The molecule has 0 aliphatic rings. The van der Waals surface area contributed by atoms with E-state index in [9.17, 15) is 4.79 Å². The summed E-state index contributed by atoms with van der Waals surface area (Å²) >= 11 is 0. The van der Waals surface area contributed by atoms with Gasteiger partial charge in [0.2, 0.25) is 5.91 Å². The molecule has 0 aromatic rings. The molecule has 6 nitrogen and oxygen atoms in total. The highest BCUT2D eigenvalue weighted by molar-refractivity contribution is 5.83. The molecule has 1 atom stereocenters. The summed E-state index contributed by atoms with van der Waals surface area (Å²) in [6.45, 7) is 2.82. The Hall–Kier alpha value is -1.30. The first-order chi connectivity index (χ1) is 7.52. The van der Waals surface area contributed by atoms with E-state index in [1.54, 1.807) is 26.0 Å². The minimum absolute atomic E-state index is 0.0367. The lowest BCUT2D eigenvalue weighted by Gasteiger charge is -2.20. The number of hydrogen-bond acceptors (Lipinski definition) is 4. The van der Waals surface area contributed by atoms with Crippen LogP contribution in [0.15, 0.2) is 5.16 Å². The maximum absolute atomic E-state index is 11.6. The van der Waals surface area contributed by atoms with Crippen molar-refractivity contribution in [1.29, 1.82) is 0 Å². The number of ether oxygens (including phenoxy) is 1. The topological polar surface area (TPSA) is 88.2 Å². The van der Waals surface area contributed by atoms with Crippen LogP contribution in [0.2, 0.25) is 0 Å². The summed E-state index contributed by atoms with van der Waals surface area (Å²) in [5.41, 5.74) is 5.43. The number of rotatable bonds is 7. The third kappa shape index (κ3) is 5.55. The molecule has 16 heavy (non-hydrogen) atoms. The third-order valence-corrected chi connectivity index (χ3v) is 2.33. The number of nitrogens with two attached hydrogens (primary N) is 1. The minimum atomic E-state index is -0.152. The van der Waals surface area contributed by atoms with Gasteiger partial charge in [-0.2, -0.15) is 0 Å². The van der Waals surface area contributed by atoms with E-state index in [-0.39, 0.29) is 17.7 Å². The van der Waals surface area contributed by atoms with Crippen LogP contribution >= 0.6 is 0 Å². The van der Waals surface area contributed by atoms with Gasteiger partial charge in [0.25, 0.3) is 0 Å². The molecule has 0 aromatic heterocycles. The zero-order valence-corrected chi connectivity index (χ0v) is 10.1. The second-order valence-electron chi connectivity index (χ2n) is 3.80. The molecular formula is C10H21N3O3. The molecule has 0 rings (SSSR count). The van der Waals surface area contributed by atoms with Gasteiger partial charge >= 0.3 is 0 Å². The first kappa shape index (κ1) is 14.7. The molecule has 1 unspecified atom stereocenters. The van der Waals surface area contributed by atoms with Gasteiger partial charge in [-0.3, -0.25) is 4.79 Å². The Labute approximate surface area is 96.0 Å². The number of methoxy groups -OCH3 is 1. The fourth-order valence-electron chi connectivity index (χ4n) is 1.26. The molecule has 0 saturated carbocycles. The van der Waals surface area contributed by atoms with Crippen molar-refractivity contribution in [3.8, 4) is 0 Å². The Morgan fingerprint density at radius 2 is 2.25 bits per heavy atom. The fraction of sp³-hybridized carbons (Fsp3) is 0.800. The molecular weight excluding hydrogens is 210 g/mol. The van der Waals surface area contributed by atoms with Gasteiger partial charge in [-0.1, -0.05) is 12.1 Å². The summed E-state index contributed by atoms with van der Waals surface area (Å²) in [7, 11) is 3.31. The SMILES string of the molecule is COCCCC(=O)N(C)CC(C)C(N)=NO. The van der Waals surface area contributed by atoms with E-state index >= 15 is 0 Å². The second kappa shape index (κ2) is 7.92. The predicted octanol–water partition coefficient (Wildman–Crippen LogP) is 0.254. The number of carbonyl (C=O) groups is 1. The van der Waals surface area contributed by atoms with Crippen LogP contribution in [0.5, 0.6) is 0 Å². The average molecular weight is 231 g/mol. The molecule has 94 valence electrons. The van der Waals surface area contributed by atoms with Crippen molar-refractivity contribution in [3.63, 3.8) is 0 Å². The molecule has 0 fully saturated rings. The molecule has 1 amide bonds. The number of amides is 1. The first-order valence-electron chi connectivity index (χ1n) is 5.23. The van der Waals surface area contributed by atoms with Gasteiger partial charge in [-0.05, 0) is 6.42 Å². The van der Waals surface area contributed by atoms with Crippen molar-refractivity contribution in [2.75, 3.05) is 27.3 Å². The average Bonchev–Trinajstić information content (AvgIpc) is 2.27. The molecule has 0 aliphatic carbocycles. The van der Waals surface area contributed by atoms with Crippen molar-refractivity contribution in [1.82, 2.24) is 4.90 Å². The van der Waals surface area contributed by atoms with Gasteiger partial charge < -0.3 is 20.6 Å². The fourth-order valence-corrected chi connectivity index (χ4v) is 1.26. The van der Waals surface area contributed by atoms with Crippen LogP contribution in [-0.4, -0.2) is 49.2 Å². The Bertz CT molecular complexity index is 243. The predicted molar refractivity (Wildman–Crippen MR) is 61.3 cm³/mol. The van der Waals surface area contributed by atoms with Crippen molar-refractivity contribution >= 4 is 11.7 Å². The van der Waals surface area contributed by atoms with E-state index in [1.165, 1.54) is 0 Å². The lowest BCUT2D eigenvalue weighted by Crippen LogP contribution is -2.36. The van der Waals surface area contributed by atoms with Gasteiger partial charge in [0.15, 0.2) is 0 Å². The number of oxime groups is 1. The Morgan fingerprint density at radius 3 is 2.75 bits per heavy atom. The Morgan fingerprint density at radius 1 is 1.62 bits per heavy atom. The number of hydrogen-bond donors (Lipinski definition) is 2. The molecule has 0 aromatic carbocycles. The maximum atomic E-state index is 11.6. The van der Waals surface area contributed by atoms with Crippen LogP contribution in [-0.2, 0) is 9.53 Å². The summed E-state index contributed by atoms with van der Waals surface area (Å²) in [5.74, 6) is 0.0209. The smallest absolute Gasteiger partial charge is 0.222 e.